The van der Waals surface area contributed by atoms with E-state index >= 15 is 0 Å². The van der Waals surface area contributed by atoms with Gasteiger partial charge in [-0.25, -0.2) is 5.10 Å². The summed E-state index contributed by atoms with van der Waals surface area (Å²) in [5.74, 6) is -0.812. The number of halogens is 4. The third kappa shape index (κ3) is 3.51. The fourth-order valence-electron chi connectivity index (χ4n) is 1.44. The molecule has 0 aliphatic heterocycles. The van der Waals surface area contributed by atoms with Crippen molar-refractivity contribution < 1.29 is 22.7 Å². The van der Waals surface area contributed by atoms with Gasteiger partial charge in [0.1, 0.15) is 0 Å². The molecule has 2 rings (SSSR count). The number of ether oxygens (including phenoxy) is 1. The highest BCUT2D eigenvalue weighted by molar-refractivity contribution is 9.10. The minimum absolute atomic E-state index is 0.00610. The molecule has 0 aliphatic carbocycles. The Hall–Kier alpha value is -2.10. The van der Waals surface area contributed by atoms with Gasteiger partial charge in [0.15, 0.2) is 0 Å². The summed E-state index contributed by atoms with van der Waals surface area (Å²) in [6.07, 6.45) is -4.54. The molecule has 2 aromatic rings. The Kier molecular flexibility index (Phi) is 4.16. The van der Waals surface area contributed by atoms with Gasteiger partial charge in [0.2, 0.25) is 5.95 Å². The number of nitrogens with one attached hydrogen (secondary N) is 2. The second kappa shape index (κ2) is 5.72. The molecule has 0 saturated carbocycles. The van der Waals surface area contributed by atoms with Gasteiger partial charge in [-0.1, -0.05) is 0 Å². The monoisotopic (exact) mass is 364 g/mol. The molecule has 0 aliphatic rings. The molecule has 2 N–H and O–H groups in total. The predicted molar refractivity (Wildman–Crippen MR) is 70.0 cm³/mol. The van der Waals surface area contributed by atoms with Crippen LogP contribution < -0.4 is 10.1 Å². The fraction of sp³-hybridized carbons (Fsp3) is 0.182. The SMILES string of the molecule is COc1n[nH]c(NC(=O)c2cc(C(F)(F)F)ccc2Br)n1. The van der Waals surface area contributed by atoms with E-state index < -0.39 is 17.6 Å². The number of amides is 1. The van der Waals surface area contributed by atoms with E-state index in [9.17, 15) is 18.0 Å². The van der Waals surface area contributed by atoms with Crippen molar-refractivity contribution in [2.45, 2.75) is 6.18 Å². The maximum atomic E-state index is 12.6. The molecule has 1 heterocycles. The van der Waals surface area contributed by atoms with Gasteiger partial charge < -0.3 is 4.74 Å². The van der Waals surface area contributed by atoms with E-state index in [1.165, 1.54) is 7.11 Å². The van der Waals surface area contributed by atoms with Gasteiger partial charge in [0.05, 0.1) is 18.2 Å². The Balaban J connectivity index is 2.26. The molecule has 0 spiro atoms. The zero-order chi connectivity index (χ0) is 15.6. The zero-order valence-electron chi connectivity index (χ0n) is 10.5. The van der Waals surface area contributed by atoms with E-state index in [4.69, 9.17) is 4.74 Å². The second-order valence-corrected chi connectivity index (χ2v) is 4.67. The van der Waals surface area contributed by atoms with Crippen LogP contribution in [-0.2, 0) is 6.18 Å². The van der Waals surface area contributed by atoms with E-state index in [0.29, 0.717) is 0 Å². The Morgan fingerprint density at radius 3 is 2.71 bits per heavy atom. The predicted octanol–water partition coefficient (Wildman–Crippen LogP) is 2.85. The van der Waals surface area contributed by atoms with Crippen LogP contribution in [0.25, 0.3) is 0 Å². The summed E-state index contributed by atoms with van der Waals surface area (Å²) < 4.78 is 42.9. The molecule has 1 aromatic carbocycles. The van der Waals surface area contributed by atoms with Crippen molar-refractivity contribution in [1.82, 2.24) is 15.2 Å². The topological polar surface area (TPSA) is 79.9 Å². The third-order valence-electron chi connectivity index (χ3n) is 2.42. The number of rotatable bonds is 3. The zero-order valence-corrected chi connectivity index (χ0v) is 12.0. The highest BCUT2D eigenvalue weighted by Gasteiger charge is 2.31. The van der Waals surface area contributed by atoms with Crippen molar-refractivity contribution in [3.05, 3.63) is 33.8 Å². The second-order valence-electron chi connectivity index (χ2n) is 3.82. The van der Waals surface area contributed by atoms with Crippen LogP contribution in [0, 0.1) is 0 Å². The Morgan fingerprint density at radius 2 is 2.14 bits per heavy atom. The van der Waals surface area contributed by atoms with Crippen LogP contribution >= 0.6 is 15.9 Å². The molecule has 0 atom stereocenters. The Morgan fingerprint density at radius 1 is 1.43 bits per heavy atom. The summed E-state index contributed by atoms with van der Waals surface area (Å²) in [6.45, 7) is 0. The summed E-state index contributed by atoms with van der Waals surface area (Å²) in [5.41, 5.74) is -1.11. The van der Waals surface area contributed by atoms with Gasteiger partial charge in [-0.3, -0.25) is 10.1 Å². The largest absolute Gasteiger partial charge is 0.466 e. The van der Waals surface area contributed by atoms with E-state index in [0.717, 1.165) is 18.2 Å². The van der Waals surface area contributed by atoms with Crippen molar-refractivity contribution in [3.63, 3.8) is 0 Å². The maximum Gasteiger partial charge on any atom is 0.416 e. The molecule has 0 saturated heterocycles. The van der Waals surface area contributed by atoms with Crippen LogP contribution in [0.4, 0.5) is 19.1 Å². The van der Waals surface area contributed by atoms with Crippen molar-refractivity contribution >= 4 is 27.8 Å². The van der Waals surface area contributed by atoms with Crippen molar-refractivity contribution in [2.75, 3.05) is 12.4 Å². The van der Waals surface area contributed by atoms with Crippen molar-refractivity contribution in [3.8, 4) is 6.01 Å². The molecule has 6 nitrogen and oxygen atoms in total. The molecule has 1 aromatic heterocycles. The summed E-state index contributed by atoms with van der Waals surface area (Å²) in [7, 11) is 1.33. The van der Waals surface area contributed by atoms with Crippen LogP contribution in [-0.4, -0.2) is 28.2 Å². The number of anilines is 1. The number of aromatic amines is 1. The molecule has 112 valence electrons. The molecule has 10 heteroatoms. The van der Waals surface area contributed by atoms with Gasteiger partial charge >= 0.3 is 12.2 Å². The lowest BCUT2D eigenvalue weighted by Crippen LogP contribution is -2.15. The number of alkyl halides is 3. The average Bonchev–Trinajstić information content (AvgIpc) is 2.85. The number of H-pyrrole nitrogens is 1. The lowest BCUT2D eigenvalue weighted by molar-refractivity contribution is -0.137. The van der Waals surface area contributed by atoms with E-state index in [2.05, 4.69) is 36.4 Å². The summed E-state index contributed by atoms with van der Waals surface area (Å²) in [4.78, 5) is 15.7. The normalized spacial score (nSPS) is 11.3. The van der Waals surface area contributed by atoms with E-state index in [1.807, 2.05) is 0 Å². The molecule has 0 bridgehead atoms. The van der Waals surface area contributed by atoms with Gasteiger partial charge in [-0.2, -0.15) is 18.2 Å². The summed E-state index contributed by atoms with van der Waals surface area (Å²) >= 11 is 3.03. The van der Waals surface area contributed by atoms with E-state index in [-0.39, 0.29) is 22.0 Å². The maximum absolute atomic E-state index is 12.6. The number of methoxy groups -OCH3 is 1. The lowest BCUT2D eigenvalue weighted by Gasteiger charge is -2.10. The highest BCUT2D eigenvalue weighted by atomic mass is 79.9. The van der Waals surface area contributed by atoms with Crippen LogP contribution in [0.1, 0.15) is 15.9 Å². The first kappa shape index (κ1) is 15.3. The average molecular weight is 365 g/mol. The van der Waals surface area contributed by atoms with Crippen LogP contribution in [0.15, 0.2) is 22.7 Å². The number of hydrogen-bond acceptors (Lipinski definition) is 4. The summed E-state index contributed by atoms with van der Waals surface area (Å²) in [6, 6.07) is 2.76. The van der Waals surface area contributed by atoms with Gasteiger partial charge in [-0.15, -0.1) is 5.10 Å². The van der Waals surface area contributed by atoms with Crippen molar-refractivity contribution in [1.29, 1.82) is 0 Å². The number of benzene rings is 1. The van der Waals surface area contributed by atoms with Crippen LogP contribution in [0.2, 0.25) is 0 Å². The fourth-order valence-corrected chi connectivity index (χ4v) is 1.87. The van der Waals surface area contributed by atoms with Crippen LogP contribution in [0.3, 0.4) is 0 Å². The molecular formula is C11H8BrF3N4O2. The number of carbonyl (C=O) groups excluding carboxylic acids is 1. The number of hydrogen-bond donors (Lipinski definition) is 2. The minimum Gasteiger partial charge on any atom is -0.466 e. The molecule has 0 fully saturated rings. The Bertz CT molecular complexity index is 672. The first-order valence-electron chi connectivity index (χ1n) is 5.45. The van der Waals surface area contributed by atoms with Crippen LogP contribution in [0.5, 0.6) is 6.01 Å². The molecule has 0 radical (unpaired) electrons. The number of aromatic nitrogens is 3. The first-order chi connectivity index (χ1) is 9.81. The standard InChI is InChI=1S/C11H8BrF3N4O2/c1-21-10-17-9(18-19-10)16-8(20)6-4-5(11(13,14)15)2-3-7(6)12/h2-4H,1H3,(H2,16,17,18,19,20). The minimum atomic E-state index is -4.54. The molecule has 1 amide bonds. The van der Waals surface area contributed by atoms with Gasteiger partial charge in [0.25, 0.3) is 5.91 Å². The third-order valence-corrected chi connectivity index (χ3v) is 3.11. The van der Waals surface area contributed by atoms with Gasteiger partial charge in [-0.05, 0) is 34.1 Å². The molecular weight excluding hydrogens is 357 g/mol. The highest BCUT2D eigenvalue weighted by Crippen LogP contribution is 2.32. The molecule has 21 heavy (non-hydrogen) atoms. The first-order valence-corrected chi connectivity index (χ1v) is 6.25. The quantitative estimate of drug-likeness (QED) is 0.877. The number of nitrogens with zero attached hydrogens (tertiary/aromatic N) is 2. The van der Waals surface area contributed by atoms with Crippen molar-refractivity contribution in [2.24, 2.45) is 0 Å². The summed E-state index contributed by atoms with van der Waals surface area (Å²) in [5, 5.41) is 8.25. The molecule has 0 unspecified atom stereocenters. The number of carbonyl (C=O) groups is 1. The smallest absolute Gasteiger partial charge is 0.416 e. The lowest BCUT2D eigenvalue weighted by atomic mass is 10.1. The Labute approximate surface area is 124 Å². The van der Waals surface area contributed by atoms with Gasteiger partial charge in [0, 0.05) is 4.47 Å². The van der Waals surface area contributed by atoms with E-state index in [1.54, 1.807) is 0 Å².